The average molecular weight is 172 g/mol. The maximum absolute atomic E-state index is 5.41. The molecule has 12 heavy (non-hydrogen) atoms. The third-order valence-electron chi connectivity index (χ3n) is 3.00. The molecule has 0 aliphatic carbocycles. The zero-order chi connectivity index (χ0) is 9.19. The van der Waals surface area contributed by atoms with Gasteiger partial charge in [0.1, 0.15) is 0 Å². The smallest absolute Gasteiger partial charge is 0.0603 e. The van der Waals surface area contributed by atoms with E-state index in [0.717, 1.165) is 13.0 Å². The minimum atomic E-state index is 0.236. The van der Waals surface area contributed by atoms with E-state index in [1.807, 2.05) is 0 Å². The number of ether oxygens (including phenoxy) is 2. The first-order valence-corrected chi connectivity index (χ1v) is 4.70. The predicted octanol–water partition coefficient (Wildman–Crippen LogP) is 2.23. The zero-order valence-corrected chi connectivity index (χ0v) is 8.59. The van der Waals surface area contributed by atoms with Crippen LogP contribution in [-0.4, -0.2) is 25.9 Å². The van der Waals surface area contributed by atoms with Crippen LogP contribution in [0, 0.1) is 5.41 Å². The van der Waals surface area contributed by atoms with Crippen molar-refractivity contribution in [1.82, 2.24) is 0 Å². The van der Waals surface area contributed by atoms with Gasteiger partial charge in [0.2, 0.25) is 0 Å². The Labute approximate surface area is 75.2 Å². The molecular weight excluding hydrogens is 152 g/mol. The highest BCUT2D eigenvalue weighted by atomic mass is 16.5. The Morgan fingerprint density at radius 2 is 2.17 bits per heavy atom. The van der Waals surface area contributed by atoms with E-state index in [1.165, 1.54) is 6.42 Å². The molecular formula is C10H20O2. The van der Waals surface area contributed by atoms with Gasteiger partial charge in [-0.25, -0.2) is 0 Å². The highest BCUT2D eigenvalue weighted by molar-refractivity contribution is 4.82. The van der Waals surface area contributed by atoms with Gasteiger partial charge in [0, 0.05) is 13.7 Å². The molecule has 2 unspecified atom stereocenters. The molecule has 0 aromatic heterocycles. The highest BCUT2D eigenvalue weighted by Gasteiger charge is 2.32. The van der Waals surface area contributed by atoms with Gasteiger partial charge in [0.05, 0.1) is 12.2 Å². The van der Waals surface area contributed by atoms with E-state index in [-0.39, 0.29) is 5.41 Å². The molecule has 1 aliphatic rings. The molecule has 72 valence electrons. The van der Waals surface area contributed by atoms with Crippen LogP contribution in [0.1, 0.15) is 33.6 Å². The Balaban J connectivity index is 2.35. The van der Waals surface area contributed by atoms with E-state index in [9.17, 15) is 0 Å². The summed E-state index contributed by atoms with van der Waals surface area (Å²) in [6.07, 6.45) is 3.13. The minimum Gasteiger partial charge on any atom is -0.381 e. The fourth-order valence-corrected chi connectivity index (χ4v) is 1.52. The Hall–Kier alpha value is -0.0800. The summed E-state index contributed by atoms with van der Waals surface area (Å²) in [6, 6.07) is 0. The topological polar surface area (TPSA) is 18.5 Å². The van der Waals surface area contributed by atoms with Crippen molar-refractivity contribution in [3.05, 3.63) is 0 Å². The lowest BCUT2D eigenvalue weighted by molar-refractivity contribution is -0.0929. The number of rotatable bonds is 4. The lowest BCUT2D eigenvalue weighted by Gasteiger charge is -2.37. The Morgan fingerprint density at radius 3 is 2.50 bits per heavy atom. The first-order chi connectivity index (χ1) is 5.56. The summed E-state index contributed by atoms with van der Waals surface area (Å²) in [5.74, 6) is 0. The van der Waals surface area contributed by atoms with Crippen LogP contribution < -0.4 is 0 Å². The van der Waals surface area contributed by atoms with Gasteiger partial charge in [-0.2, -0.15) is 0 Å². The van der Waals surface area contributed by atoms with Crippen LogP contribution >= 0.6 is 0 Å². The fourth-order valence-electron chi connectivity index (χ4n) is 1.52. The van der Waals surface area contributed by atoms with Gasteiger partial charge in [0.15, 0.2) is 0 Å². The zero-order valence-electron chi connectivity index (χ0n) is 8.59. The standard InChI is InChI=1S/C10H20O2/c1-8(11-4)10(2,3)7-9-5-6-12-9/h8-9H,5-7H2,1-4H3. The maximum atomic E-state index is 5.41. The molecule has 0 spiro atoms. The van der Waals surface area contributed by atoms with Crippen LogP contribution in [0.4, 0.5) is 0 Å². The normalized spacial score (nSPS) is 26.5. The van der Waals surface area contributed by atoms with Gasteiger partial charge < -0.3 is 9.47 Å². The Kier molecular flexibility index (Phi) is 3.13. The maximum Gasteiger partial charge on any atom is 0.0603 e. The summed E-state index contributed by atoms with van der Waals surface area (Å²) in [7, 11) is 1.77. The summed E-state index contributed by atoms with van der Waals surface area (Å²) in [5, 5.41) is 0. The van der Waals surface area contributed by atoms with E-state index in [1.54, 1.807) is 7.11 Å². The van der Waals surface area contributed by atoms with E-state index < -0.39 is 0 Å². The Morgan fingerprint density at radius 1 is 1.58 bits per heavy atom. The van der Waals surface area contributed by atoms with Crippen molar-refractivity contribution in [3.63, 3.8) is 0 Å². The molecule has 0 aromatic carbocycles. The van der Waals surface area contributed by atoms with E-state index in [0.29, 0.717) is 12.2 Å². The van der Waals surface area contributed by atoms with Crippen molar-refractivity contribution < 1.29 is 9.47 Å². The SMILES string of the molecule is COC(C)C(C)(C)CC1CCO1. The predicted molar refractivity (Wildman–Crippen MR) is 49.2 cm³/mol. The molecule has 0 saturated carbocycles. The first-order valence-electron chi connectivity index (χ1n) is 4.70. The van der Waals surface area contributed by atoms with Crippen molar-refractivity contribution in [2.75, 3.05) is 13.7 Å². The molecule has 1 rings (SSSR count). The molecule has 0 amide bonds. The second-order valence-corrected chi connectivity index (χ2v) is 4.35. The van der Waals surface area contributed by atoms with Crippen LogP contribution in [0.5, 0.6) is 0 Å². The molecule has 2 nitrogen and oxygen atoms in total. The van der Waals surface area contributed by atoms with Gasteiger partial charge in [-0.05, 0) is 25.2 Å². The van der Waals surface area contributed by atoms with Gasteiger partial charge in [-0.1, -0.05) is 13.8 Å². The average Bonchev–Trinajstić information content (AvgIpc) is 1.95. The summed E-state index contributed by atoms with van der Waals surface area (Å²) in [6.45, 7) is 7.55. The molecule has 1 heterocycles. The van der Waals surface area contributed by atoms with Crippen molar-refractivity contribution in [2.45, 2.75) is 45.8 Å². The monoisotopic (exact) mass is 172 g/mol. The highest BCUT2D eigenvalue weighted by Crippen LogP contribution is 2.32. The fraction of sp³-hybridized carbons (Fsp3) is 1.00. The first kappa shape index (κ1) is 10.0. The lowest BCUT2D eigenvalue weighted by atomic mass is 9.80. The van der Waals surface area contributed by atoms with Crippen LogP contribution in [0.3, 0.4) is 0 Å². The third-order valence-corrected chi connectivity index (χ3v) is 3.00. The molecule has 0 bridgehead atoms. The number of hydrogen-bond donors (Lipinski definition) is 0. The second kappa shape index (κ2) is 3.75. The van der Waals surface area contributed by atoms with E-state index >= 15 is 0 Å². The van der Waals surface area contributed by atoms with Crippen molar-refractivity contribution in [2.24, 2.45) is 5.41 Å². The van der Waals surface area contributed by atoms with Crippen molar-refractivity contribution in [3.8, 4) is 0 Å². The second-order valence-electron chi connectivity index (χ2n) is 4.35. The van der Waals surface area contributed by atoms with Gasteiger partial charge in [0.25, 0.3) is 0 Å². The van der Waals surface area contributed by atoms with Crippen LogP contribution in [0.25, 0.3) is 0 Å². The Bertz CT molecular complexity index is 139. The number of hydrogen-bond acceptors (Lipinski definition) is 2. The van der Waals surface area contributed by atoms with Crippen molar-refractivity contribution >= 4 is 0 Å². The largest absolute Gasteiger partial charge is 0.381 e. The molecule has 0 N–H and O–H groups in total. The third kappa shape index (κ3) is 2.20. The van der Waals surface area contributed by atoms with Crippen LogP contribution in [0.2, 0.25) is 0 Å². The van der Waals surface area contributed by atoms with Crippen LogP contribution in [-0.2, 0) is 9.47 Å². The summed E-state index contributed by atoms with van der Waals surface area (Å²) in [4.78, 5) is 0. The number of methoxy groups -OCH3 is 1. The molecule has 0 radical (unpaired) electrons. The summed E-state index contributed by atoms with van der Waals surface area (Å²) < 4.78 is 10.7. The van der Waals surface area contributed by atoms with Gasteiger partial charge >= 0.3 is 0 Å². The minimum absolute atomic E-state index is 0.236. The summed E-state index contributed by atoms with van der Waals surface area (Å²) in [5.41, 5.74) is 0.236. The molecule has 2 atom stereocenters. The molecule has 1 saturated heterocycles. The quantitative estimate of drug-likeness (QED) is 0.647. The molecule has 0 aromatic rings. The molecule has 1 aliphatic heterocycles. The molecule has 1 fully saturated rings. The molecule has 2 heteroatoms. The van der Waals surface area contributed by atoms with E-state index in [2.05, 4.69) is 20.8 Å². The van der Waals surface area contributed by atoms with Gasteiger partial charge in [-0.3, -0.25) is 0 Å². The van der Waals surface area contributed by atoms with E-state index in [4.69, 9.17) is 9.47 Å². The summed E-state index contributed by atoms with van der Waals surface area (Å²) >= 11 is 0. The van der Waals surface area contributed by atoms with Crippen molar-refractivity contribution in [1.29, 1.82) is 0 Å². The van der Waals surface area contributed by atoms with Crippen LogP contribution in [0.15, 0.2) is 0 Å². The van der Waals surface area contributed by atoms with Gasteiger partial charge in [-0.15, -0.1) is 0 Å². The lowest BCUT2D eigenvalue weighted by Crippen LogP contribution is -2.37.